The van der Waals surface area contributed by atoms with Crippen molar-refractivity contribution in [2.75, 3.05) is 5.32 Å². The van der Waals surface area contributed by atoms with Crippen molar-refractivity contribution >= 4 is 58.2 Å². The number of carbonyl (C=O) groups is 1. The molecule has 0 fully saturated rings. The highest BCUT2D eigenvalue weighted by Crippen LogP contribution is 2.29. The maximum atomic E-state index is 12.5. The Bertz CT molecular complexity index is 1290. The van der Waals surface area contributed by atoms with Crippen molar-refractivity contribution in [3.05, 3.63) is 103 Å². The monoisotopic (exact) mass is 501 g/mol. The molecule has 0 unspecified atom stereocenters. The van der Waals surface area contributed by atoms with Crippen LogP contribution < -0.4 is 10.1 Å². The third kappa shape index (κ3) is 6.46. The van der Waals surface area contributed by atoms with Gasteiger partial charge in [-0.05, 0) is 53.6 Å². The number of nitrogens with one attached hydrogen (secondary N) is 1. The van der Waals surface area contributed by atoms with Crippen molar-refractivity contribution in [3.63, 3.8) is 0 Å². The van der Waals surface area contributed by atoms with Crippen LogP contribution in [0.4, 0.5) is 11.4 Å². The number of ether oxygens (including phenoxy) is 1. The molecule has 0 saturated heterocycles. The highest BCUT2D eigenvalue weighted by Gasteiger charge is 2.16. The number of hydrogen-bond donors (Lipinski definition) is 1. The molecule has 7 nitrogen and oxygen atoms in total. The molecule has 0 heterocycles. The maximum Gasteiger partial charge on any atom is 0.289 e. The molecule has 166 valence electrons. The fourth-order valence-corrected chi connectivity index (χ4v) is 3.27. The minimum Gasteiger partial charge on any atom is -0.487 e. The Kier molecular flexibility index (Phi) is 7.91. The molecule has 0 saturated carbocycles. The van der Waals surface area contributed by atoms with Crippen LogP contribution in [-0.4, -0.2) is 10.8 Å². The molecule has 0 aliphatic carbocycles. The minimum atomic E-state index is -0.742. The van der Waals surface area contributed by atoms with Gasteiger partial charge in [0.1, 0.15) is 29.0 Å². The number of anilines is 1. The molecule has 3 rings (SSSR count). The number of nitrogens with zero attached hydrogens (tertiary/aromatic N) is 2. The Morgan fingerprint density at radius 1 is 1.06 bits per heavy atom. The number of hydrogen-bond acceptors (Lipinski definition) is 5. The van der Waals surface area contributed by atoms with Crippen molar-refractivity contribution in [2.45, 2.75) is 6.61 Å². The summed E-state index contributed by atoms with van der Waals surface area (Å²) in [5.41, 5.74) is 0.940. The van der Waals surface area contributed by atoms with Crippen molar-refractivity contribution in [3.8, 4) is 11.8 Å². The van der Waals surface area contributed by atoms with Gasteiger partial charge < -0.3 is 10.1 Å². The Hall–Kier alpha value is -3.57. The Balaban J connectivity index is 1.72. The zero-order valence-electron chi connectivity index (χ0n) is 16.7. The topological polar surface area (TPSA) is 105 Å². The van der Waals surface area contributed by atoms with Gasteiger partial charge in [0, 0.05) is 16.8 Å². The van der Waals surface area contributed by atoms with Gasteiger partial charge in [-0.1, -0.05) is 53.0 Å². The summed E-state index contributed by atoms with van der Waals surface area (Å²) in [4.78, 5) is 22.8. The SMILES string of the molecule is N#C/C(=C\c1ccc(OCc2ccc(Cl)cc2)c(Cl)c1)C(=O)Nc1ccc(Cl)c([N+](=O)[O-])c1. The van der Waals surface area contributed by atoms with Crippen LogP contribution in [0.3, 0.4) is 0 Å². The summed E-state index contributed by atoms with van der Waals surface area (Å²) in [6.07, 6.45) is 1.34. The average molecular weight is 503 g/mol. The van der Waals surface area contributed by atoms with E-state index in [1.54, 1.807) is 30.3 Å². The Morgan fingerprint density at radius 3 is 2.42 bits per heavy atom. The molecule has 0 aliphatic rings. The van der Waals surface area contributed by atoms with Crippen LogP contribution >= 0.6 is 34.8 Å². The fourth-order valence-electron chi connectivity index (χ4n) is 2.71. The number of halogens is 3. The predicted molar refractivity (Wildman–Crippen MR) is 128 cm³/mol. The lowest BCUT2D eigenvalue weighted by Gasteiger charge is -2.09. The first-order valence-electron chi connectivity index (χ1n) is 9.30. The van der Waals surface area contributed by atoms with Gasteiger partial charge in [-0.15, -0.1) is 0 Å². The van der Waals surface area contributed by atoms with Crippen LogP contribution in [0.5, 0.6) is 5.75 Å². The number of carbonyl (C=O) groups excluding carboxylic acids is 1. The third-order valence-corrected chi connectivity index (χ3v) is 5.21. The molecule has 0 radical (unpaired) electrons. The Labute approximate surface area is 203 Å². The van der Waals surface area contributed by atoms with Gasteiger partial charge in [-0.3, -0.25) is 14.9 Å². The molecule has 0 aliphatic heterocycles. The van der Waals surface area contributed by atoms with Gasteiger partial charge in [-0.25, -0.2) is 0 Å². The predicted octanol–water partition coefficient (Wildman–Crippen LogP) is 6.68. The standard InChI is InChI=1S/C23H14Cl3N3O4/c24-17-4-1-14(2-5-17)13-33-22-8-3-15(10-20(22)26)9-16(12-27)23(30)28-18-6-7-19(25)21(11-18)29(31)32/h1-11H,13H2,(H,28,30)/b16-9+. The van der Waals surface area contributed by atoms with Crippen LogP contribution in [-0.2, 0) is 11.4 Å². The number of benzene rings is 3. The lowest BCUT2D eigenvalue weighted by atomic mass is 10.1. The summed E-state index contributed by atoms with van der Waals surface area (Å²) in [6.45, 7) is 0.283. The minimum absolute atomic E-state index is 0.0675. The highest BCUT2D eigenvalue weighted by molar-refractivity contribution is 6.33. The molecule has 3 aromatic rings. The number of nitro benzene ring substituents is 1. The first-order chi connectivity index (χ1) is 15.8. The van der Waals surface area contributed by atoms with Gasteiger partial charge in [0.15, 0.2) is 0 Å². The van der Waals surface area contributed by atoms with E-state index in [0.29, 0.717) is 21.4 Å². The van der Waals surface area contributed by atoms with E-state index in [-0.39, 0.29) is 28.6 Å². The molecule has 1 amide bonds. The lowest BCUT2D eigenvalue weighted by molar-refractivity contribution is -0.384. The summed E-state index contributed by atoms with van der Waals surface area (Å²) < 4.78 is 5.71. The van der Waals surface area contributed by atoms with Crippen LogP contribution in [0, 0.1) is 21.4 Å². The van der Waals surface area contributed by atoms with Crippen molar-refractivity contribution in [1.82, 2.24) is 0 Å². The molecule has 33 heavy (non-hydrogen) atoms. The zero-order chi connectivity index (χ0) is 24.0. The second kappa shape index (κ2) is 10.8. The van der Waals surface area contributed by atoms with E-state index < -0.39 is 10.8 Å². The molecular formula is C23H14Cl3N3O4. The summed E-state index contributed by atoms with van der Waals surface area (Å²) >= 11 is 17.9. The molecule has 3 aromatic carbocycles. The van der Waals surface area contributed by atoms with Gasteiger partial charge in [0.2, 0.25) is 0 Å². The first-order valence-corrected chi connectivity index (χ1v) is 10.4. The van der Waals surface area contributed by atoms with Gasteiger partial charge >= 0.3 is 0 Å². The van der Waals surface area contributed by atoms with Gasteiger partial charge in [0.25, 0.3) is 11.6 Å². The number of amides is 1. The molecule has 0 atom stereocenters. The normalized spacial score (nSPS) is 10.9. The zero-order valence-corrected chi connectivity index (χ0v) is 19.0. The van der Waals surface area contributed by atoms with E-state index >= 15 is 0 Å². The molecule has 10 heteroatoms. The second-order valence-corrected chi connectivity index (χ2v) is 7.90. The summed E-state index contributed by atoms with van der Waals surface area (Å²) in [5.74, 6) is -0.312. The molecule has 0 aromatic heterocycles. The van der Waals surface area contributed by atoms with E-state index in [4.69, 9.17) is 39.5 Å². The van der Waals surface area contributed by atoms with Gasteiger partial charge in [0.05, 0.1) is 9.95 Å². The highest BCUT2D eigenvalue weighted by atomic mass is 35.5. The molecular weight excluding hydrogens is 489 g/mol. The molecule has 1 N–H and O–H groups in total. The molecule has 0 spiro atoms. The lowest BCUT2D eigenvalue weighted by Crippen LogP contribution is -2.13. The maximum absolute atomic E-state index is 12.5. The molecule has 0 bridgehead atoms. The summed E-state index contributed by atoms with van der Waals surface area (Å²) in [7, 11) is 0. The van der Waals surface area contributed by atoms with Gasteiger partial charge in [-0.2, -0.15) is 5.26 Å². The van der Waals surface area contributed by atoms with E-state index in [1.807, 2.05) is 18.2 Å². The van der Waals surface area contributed by atoms with Crippen LogP contribution in [0.1, 0.15) is 11.1 Å². The largest absolute Gasteiger partial charge is 0.487 e. The summed E-state index contributed by atoms with van der Waals surface area (Å²) in [6, 6.07) is 17.6. The summed E-state index contributed by atoms with van der Waals surface area (Å²) in [5, 5.41) is 23.7. The van der Waals surface area contributed by atoms with Crippen LogP contribution in [0.25, 0.3) is 6.08 Å². The second-order valence-electron chi connectivity index (χ2n) is 6.65. The first kappa shape index (κ1) is 24.1. The average Bonchev–Trinajstić information content (AvgIpc) is 2.79. The van der Waals surface area contributed by atoms with E-state index in [0.717, 1.165) is 11.6 Å². The Morgan fingerprint density at radius 2 is 1.79 bits per heavy atom. The van der Waals surface area contributed by atoms with Crippen molar-refractivity contribution in [2.24, 2.45) is 0 Å². The smallest absolute Gasteiger partial charge is 0.289 e. The fraction of sp³-hybridized carbons (Fsp3) is 0.0435. The number of nitriles is 1. The van der Waals surface area contributed by atoms with E-state index in [1.165, 1.54) is 18.2 Å². The van der Waals surface area contributed by atoms with Crippen LogP contribution in [0.2, 0.25) is 15.1 Å². The van der Waals surface area contributed by atoms with Crippen molar-refractivity contribution < 1.29 is 14.5 Å². The quantitative estimate of drug-likeness (QED) is 0.168. The van der Waals surface area contributed by atoms with E-state index in [2.05, 4.69) is 5.32 Å². The third-order valence-electron chi connectivity index (χ3n) is 4.34. The van der Waals surface area contributed by atoms with E-state index in [9.17, 15) is 20.2 Å². The van der Waals surface area contributed by atoms with Crippen molar-refractivity contribution in [1.29, 1.82) is 5.26 Å². The van der Waals surface area contributed by atoms with Crippen LogP contribution in [0.15, 0.2) is 66.2 Å². The number of nitro groups is 1. The number of rotatable bonds is 7.